The molecule has 0 aromatic heterocycles. The minimum absolute atomic E-state index is 0.226. The first-order valence-electron chi connectivity index (χ1n) is 9.34. The lowest BCUT2D eigenvalue weighted by Gasteiger charge is -2.37. The summed E-state index contributed by atoms with van der Waals surface area (Å²) in [7, 11) is 0. The van der Waals surface area contributed by atoms with E-state index in [-0.39, 0.29) is 17.8 Å². The molecular formula is C23H22FNO2. The van der Waals surface area contributed by atoms with Crippen molar-refractivity contribution in [3.63, 3.8) is 0 Å². The maximum atomic E-state index is 14.8. The molecular weight excluding hydrogens is 341 g/mol. The Bertz CT molecular complexity index is 958. The minimum atomic E-state index is -0.734. The van der Waals surface area contributed by atoms with Crippen molar-refractivity contribution in [1.29, 1.82) is 0 Å². The highest BCUT2D eigenvalue weighted by Crippen LogP contribution is 2.37. The summed E-state index contributed by atoms with van der Waals surface area (Å²) in [6.07, 6.45) is 1.18. The zero-order valence-corrected chi connectivity index (χ0v) is 15.0. The predicted octanol–water partition coefficient (Wildman–Crippen LogP) is 4.86. The summed E-state index contributed by atoms with van der Waals surface area (Å²) in [5, 5.41) is 11.5. The molecule has 0 amide bonds. The summed E-state index contributed by atoms with van der Waals surface area (Å²) in [5.41, 5.74) is 1.70. The predicted molar refractivity (Wildman–Crippen MR) is 104 cm³/mol. The second kappa shape index (κ2) is 7.49. The number of nitrogens with zero attached hydrogens (tertiary/aromatic N) is 1. The highest BCUT2D eigenvalue weighted by atomic mass is 19.1. The maximum absolute atomic E-state index is 14.8. The van der Waals surface area contributed by atoms with Crippen molar-refractivity contribution in [3.8, 4) is 0 Å². The first kappa shape index (κ1) is 17.7. The molecule has 1 saturated heterocycles. The van der Waals surface area contributed by atoms with Gasteiger partial charge in [-0.25, -0.2) is 4.39 Å². The van der Waals surface area contributed by atoms with Gasteiger partial charge in [0.25, 0.3) is 0 Å². The average molecular weight is 363 g/mol. The number of rotatable bonds is 4. The summed E-state index contributed by atoms with van der Waals surface area (Å²) in [4.78, 5) is 13.5. The fourth-order valence-corrected chi connectivity index (χ4v) is 4.15. The minimum Gasteiger partial charge on any atom is -0.481 e. The van der Waals surface area contributed by atoms with E-state index in [1.54, 1.807) is 6.07 Å². The van der Waals surface area contributed by atoms with Crippen LogP contribution in [0.4, 0.5) is 4.39 Å². The summed E-state index contributed by atoms with van der Waals surface area (Å²) >= 11 is 0. The van der Waals surface area contributed by atoms with Crippen LogP contribution in [0.25, 0.3) is 10.8 Å². The van der Waals surface area contributed by atoms with Gasteiger partial charge < -0.3 is 5.11 Å². The number of carboxylic acid groups (broad SMARTS) is 1. The number of likely N-dealkylation sites (tertiary alicyclic amines) is 1. The molecule has 3 aromatic carbocycles. The van der Waals surface area contributed by atoms with E-state index >= 15 is 0 Å². The number of carbonyl (C=O) groups is 1. The van der Waals surface area contributed by atoms with E-state index in [1.165, 1.54) is 6.07 Å². The number of halogens is 1. The molecule has 0 spiro atoms. The molecule has 4 heteroatoms. The van der Waals surface area contributed by atoms with E-state index in [2.05, 4.69) is 29.2 Å². The molecule has 1 aliphatic heterocycles. The van der Waals surface area contributed by atoms with E-state index in [1.807, 2.05) is 30.3 Å². The van der Waals surface area contributed by atoms with Gasteiger partial charge in [0.15, 0.2) is 0 Å². The Morgan fingerprint density at radius 3 is 2.30 bits per heavy atom. The number of hydrogen-bond donors (Lipinski definition) is 1. The Kier molecular flexibility index (Phi) is 4.90. The third-order valence-corrected chi connectivity index (χ3v) is 5.56. The van der Waals surface area contributed by atoms with Crippen LogP contribution in [-0.2, 0) is 4.79 Å². The molecule has 1 unspecified atom stereocenters. The lowest BCUT2D eigenvalue weighted by molar-refractivity contribution is -0.143. The highest BCUT2D eigenvalue weighted by molar-refractivity contribution is 5.86. The summed E-state index contributed by atoms with van der Waals surface area (Å²) < 4.78 is 14.8. The normalized spacial score (nSPS) is 17.1. The van der Waals surface area contributed by atoms with Crippen LogP contribution in [0.5, 0.6) is 0 Å². The van der Waals surface area contributed by atoms with Crippen molar-refractivity contribution in [2.24, 2.45) is 5.92 Å². The molecule has 138 valence electrons. The number of piperidine rings is 1. The van der Waals surface area contributed by atoms with Crippen molar-refractivity contribution in [2.75, 3.05) is 13.1 Å². The molecule has 4 rings (SSSR count). The first-order chi connectivity index (χ1) is 13.1. The number of hydrogen-bond acceptors (Lipinski definition) is 2. The monoisotopic (exact) mass is 363 g/mol. The quantitative estimate of drug-likeness (QED) is 0.719. The third-order valence-electron chi connectivity index (χ3n) is 5.56. The molecule has 1 atom stereocenters. The molecule has 1 aliphatic rings. The molecule has 3 nitrogen and oxygen atoms in total. The molecule has 0 saturated carbocycles. The van der Waals surface area contributed by atoms with E-state index in [0.717, 1.165) is 16.3 Å². The Morgan fingerprint density at radius 2 is 1.56 bits per heavy atom. The maximum Gasteiger partial charge on any atom is 0.306 e. The van der Waals surface area contributed by atoms with Crippen LogP contribution in [-0.4, -0.2) is 29.1 Å². The summed E-state index contributed by atoms with van der Waals surface area (Å²) in [6.45, 7) is 1.28. The van der Waals surface area contributed by atoms with Crippen LogP contribution in [0.1, 0.15) is 30.0 Å². The smallest absolute Gasteiger partial charge is 0.306 e. The highest BCUT2D eigenvalue weighted by Gasteiger charge is 2.32. The number of aliphatic carboxylic acids is 1. The molecule has 0 aliphatic carbocycles. The van der Waals surface area contributed by atoms with Crippen LogP contribution in [0, 0.1) is 11.7 Å². The van der Waals surface area contributed by atoms with Gasteiger partial charge in [-0.1, -0.05) is 60.7 Å². The lowest BCUT2D eigenvalue weighted by atomic mass is 9.89. The number of carboxylic acids is 1. The van der Waals surface area contributed by atoms with Crippen molar-refractivity contribution in [2.45, 2.75) is 18.9 Å². The van der Waals surface area contributed by atoms with Gasteiger partial charge in [0, 0.05) is 5.56 Å². The van der Waals surface area contributed by atoms with Crippen molar-refractivity contribution in [1.82, 2.24) is 4.90 Å². The first-order valence-corrected chi connectivity index (χ1v) is 9.34. The van der Waals surface area contributed by atoms with Gasteiger partial charge in [0.05, 0.1) is 12.0 Å². The van der Waals surface area contributed by atoms with Gasteiger partial charge in [-0.05, 0) is 48.3 Å². The van der Waals surface area contributed by atoms with Crippen LogP contribution < -0.4 is 0 Å². The van der Waals surface area contributed by atoms with Crippen LogP contribution in [0.2, 0.25) is 0 Å². The van der Waals surface area contributed by atoms with Gasteiger partial charge in [-0.15, -0.1) is 0 Å². The van der Waals surface area contributed by atoms with Crippen molar-refractivity contribution in [3.05, 3.63) is 83.7 Å². The third kappa shape index (κ3) is 3.45. The Balaban J connectivity index is 1.80. The Hall–Kier alpha value is -2.72. The topological polar surface area (TPSA) is 40.5 Å². The van der Waals surface area contributed by atoms with Gasteiger partial charge in [0.1, 0.15) is 5.82 Å². The zero-order chi connectivity index (χ0) is 18.8. The van der Waals surface area contributed by atoms with Gasteiger partial charge in [0.2, 0.25) is 0 Å². The van der Waals surface area contributed by atoms with E-state index in [9.17, 15) is 14.3 Å². The van der Waals surface area contributed by atoms with Gasteiger partial charge in [-0.3, -0.25) is 9.69 Å². The molecule has 1 fully saturated rings. The number of benzene rings is 3. The standard InChI is InChI=1S/C23H22FNO2/c24-21-11-4-3-9-20(21)22(25-14-12-17(13-15-25)23(26)27)19-10-5-7-16-6-1-2-8-18(16)19/h1-11,17,22H,12-15H2,(H,26,27). The Labute approximate surface area is 158 Å². The molecule has 27 heavy (non-hydrogen) atoms. The fourth-order valence-electron chi connectivity index (χ4n) is 4.15. The molecule has 0 bridgehead atoms. The average Bonchev–Trinajstić information content (AvgIpc) is 2.70. The molecule has 0 radical (unpaired) electrons. The van der Waals surface area contributed by atoms with Crippen LogP contribution in [0.15, 0.2) is 66.7 Å². The molecule has 1 N–H and O–H groups in total. The summed E-state index contributed by atoms with van der Waals surface area (Å²) in [6, 6.07) is 20.9. The van der Waals surface area contributed by atoms with Crippen molar-refractivity contribution >= 4 is 16.7 Å². The van der Waals surface area contributed by atoms with Gasteiger partial charge in [-0.2, -0.15) is 0 Å². The molecule has 1 heterocycles. The second-order valence-corrected chi connectivity index (χ2v) is 7.14. The fraction of sp³-hybridized carbons (Fsp3) is 0.261. The largest absolute Gasteiger partial charge is 0.481 e. The molecule has 3 aromatic rings. The van der Waals surface area contributed by atoms with Crippen LogP contribution >= 0.6 is 0 Å². The summed E-state index contributed by atoms with van der Waals surface area (Å²) in [5.74, 6) is -1.27. The van der Waals surface area contributed by atoms with E-state index in [4.69, 9.17) is 0 Å². The number of fused-ring (bicyclic) bond motifs is 1. The Morgan fingerprint density at radius 1 is 0.926 bits per heavy atom. The lowest BCUT2D eigenvalue weighted by Crippen LogP contribution is -2.39. The SMILES string of the molecule is O=C(O)C1CCN(C(c2ccccc2F)c2cccc3ccccc23)CC1. The zero-order valence-electron chi connectivity index (χ0n) is 15.0. The second-order valence-electron chi connectivity index (χ2n) is 7.14. The van der Waals surface area contributed by atoms with Crippen LogP contribution in [0.3, 0.4) is 0 Å². The van der Waals surface area contributed by atoms with E-state index < -0.39 is 5.97 Å². The van der Waals surface area contributed by atoms with E-state index in [0.29, 0.717) is 31.5 Å². The van der Waals surface area contributed by atoms with Gasteiger partial charge >= 0.3 is 5.97 Å². The van der Waals surface area contributed by atoms with Crippen molar-refractivity contribution < 1.29 is 14.3 Å².